The Kier molecular flexibility index (Phi) is 3.49. The van der Waals surface area contributed by atoms with E-state index in [0.717, 1.165) is 11.9 Å². The van der Waals surface area contributed by atoms with Gasteiger partial charge >= 0.3 is 5.97 Å². The number of hydrogen-bond donors (Lipinski definition) is 3. The second-order valence-corrected chi connectivity index (χ2v) is 3.60. The Morgan fingerprint density at radius 3 is 3.06 bits per heavy atom. The molecule has 0 saturated heterocycles. The van der Waals surface area contributed by atoms with Gasteiger partial charge in [-0.2, -0.15) is 0 Å². The van der Waals surface area contributed by atoms with Crippen molar-refractivity contribution in [2.45, 2.75) is 19.3 Å². The average Bonchev–Trinajstić information content (AvgIpc) is 2.77. The third kappa shape index (κ3) is 2.90. The molecule has 0 bridgehead atoms. The number of hydrogen-bond acceptors (Lipinski definition) is 5. The molecular formula is C10H13N5O2. The highest BCUT2D eigenvalue weighted by atomic mass is 16.4. The van der Waals surface area contributed by atoms with Crippen molar-refractivity contribution in [2.24, 2.45) is 0 Å². The predicted molar refractivity (Wildman–Crippen MR) is 61.7 cm³/mol. The van der Waals surface area contributed by atoms with Crippen LogP contribution in [0.1, 0.15) is 19.3 Å². The number of nitrogens with one attached hydrogen (secondary N) is 2. The minimum atomic E-state index is -0.761. The molecule has 2 heterocycles. The number of anilines is 1. The molecule has 0 radical (unpaired) electrons. The fraction of sp³-hybridized carbons (Fsp3) is 0.400. The van der Waals surface area contributed by atoms with E-state index in [-0.39, 0.29) is 6.42 Å². The van der Waals surface area contributed by atoms with Crippen LogP contribution in [0.4, 0.5) is 5.82 Å². The zero-order valence-corrected chi connectivity index (χ0v) is 9.18. The number of aromatic nitrogens is 4. The largest absolute Gasteiger partial charge is 0.481 e. The maximum Gasteiger partial charge on any atom is 0.303 e. The van der Waals surface area contributed by atoms with Crippen LogP contribution in [0.2, 0.25) is 0 Å². The third-order valence-electron chi connectivity index (χ3n) is 2.33. The van der Waals surface area contributed by atoms with E-state index in [2.05, 4.69) is 25.3 Å². The second-order valence-electron chi connectivity index (χ2n) is 3.60. The van der Waals surface area contributed by atoms with Gasteiger partial charge in [0.25, 0.3) is 0 Å². The van der Waals surface area contributed by atoms with Gasteiger partial charge in [0, 0.05) is 13.0 Å². The lowest BCUT2D eigenvalue weighted by Crippen LogP contribution is -2.05. The summed E-state index contributed by atoms with van der Waals surface area (Å²) in [6, 6.07) is 0. The van der Waals surface area contributed by atoms with Gasteiger partial charge in [0.15, 0.2) is 11.5 Å². The van der Waals surface area contributed by atoms with Gasteiger partial charge in [-0.05, 0) is 12.8 Å². The Bertz CT molecular complexity index is 510. The Balaban J connectivity index is 1.86. The first-order valence-electron chi connectivity index (χ1n) is 5.37. The van der Waals surface area contributed by atoms with Crippen molar-refractivity contribution in [2.75, 3.05) is 11.9 Å². The molecule has 0 unspecified atom stereocenters. The lowest BCUT2D eigenvalue weighted by molar-refractivity contribution is -0.137. The van der Waals surface area contributed by atoms with Crippen LogP contribution in [-0.2, 0) is 4.79 Å². The minimum absolute atomic E-state index is 0.199. The smallest absolute Gasteiger partial charge is 0.303 e. The standard InChI is InChI=1S/C10H13N5O2/c16-7(17)3-1-2-4-11-9-8-10(13-5-12-8)15-6-14-9/h5-6H,1-4H2,(H,16,17)(H2,11,12,13,14,15). The van der Waals surface area contributed by atoms with Crippen LogP contribution in [0.5, 0.6) is 0 Å². The molecule has 0 aliphatic rings. The summed E-state index contributed by atoms with van der Waals surface area (Å²) in [5, 5.41) is 11.6. The average molecular weight is 235 g/mol. The van der Waals surface area contributed by atoms with E-state index in [4.69, 9.17) is 5.11 Å². The first-order chi connectivity index (χ1) is 8.27. The summed E-state index contributed by atoms with van der Waals surface area (Å²) in [7, 11) is 0. The molecule has 0 aliphatic heterocycles. The van der Waals surface area contributed by atoms with Crippen LogP contribution in [0, 0.1) is 0 Å². The Hall–Kier alpha value is -2.18. The van der Waals surface area contributed by atoms with Crippen molar-refractivity contribution in [3.05, 3.63) is 12.7 Å². The quantitative estimate of drug-likeness (QED) is 0.646. The van der Waals surface area contributed by atoms with Crippen molar-refractivity contribution < 1.29 is 9.90 Å². The number of imidazole rings is 1. The molecule has 7 nitrogen and oxygen atoms in total. The maximum atomic E-state index is 10.3. The van der Waals surface area contributed by atoms with Crippen LogP contribution < -0.4 is 5.32 Å². The van der Waals surface area contributed by atoms with Crippen LogP contribution in [-0.4, -0.2) is 37.6 Å². The molecule has 0 aromatic carbocycles. The monoisotopic (exact) mass is 235 g/mol. The lowest BCUT2D eigenvalue weighted by Gasteiger charge is -2.04. The van der Waals surface area contributed by atoms with Crippen LogP contribution in [0.15, 0.2) is 12.7 Å². The lowest BCUT2D eigenvalue weighted by atomic mass is 10.2. The first kappa shape index (κ1) is 11.3. The molecule has 0 aliphatic carbocycles. The summed E-state index contributed by atoms with van der Waals surface area (Å²) < 4.78 is 0. The highest BCUT2D eigenvalue weighted by Crippen LogP contribution is 2.14. The van der Waals surface area contributed by atoms with Crippen molar-refractivity contribution >= 4 is 23.0 Å². The maximum absolute atomic E-state index is 10.3. The summed E-state index contributed by atoms with van der Waals surface area (Å²) in [6.07, 6.45) is 4.65. The molecule has 0 spiro atoms. The van der Waals surface area contributed by atoms with Gasteiger partial charge in [-0.15, -0.1) is 0 Å². The number of aromatic amines is 1. The van der Waals surface area contributed by atoms with E-state index in [0.29, 0.717) is 24.4 Å². The zero-order chi connectivity index (χ0) is 12.1. The van der Waals surface area contributed by atoms with E-state index >= 15 is 0 Å². The molecular weight excluding hydrogens is 222 g/mol. The van der Waals surface area contributed by atoms with Gasteiger partial charge in [-0.1, -0.05) is 0 Å². The molecule has 2 rings (SSSR count). The number of unbranched alkanes of at least 4 members (excludes halogenated alkanes) is 1. The number of rotatable bonds is 6. The number of H-pyrrole nitrogens is 1. The van der Waals surface area contributed by atoms with E-state index in [9.17, 15) is 4.79 Å². The van der Waals surface area contributed by atoms with E-state index in [1.54, 1.807) is 6.33 Å². The Labute approximate surface area is 97.3 Å². The summed E-state index contributed by atoms with van der Waals surface area (Å²) in [5.41, 5.74) is 1.39. The van der Waals surface area contributed by atoms with Crippen molar-refractivity contribution in [3.8, 4) is 0 Å². The van der Waals surface area contributed by atoms with E-state index < -0.39 is 5.97 Å². The summed E-state index contributed by atoms with van der Waals surface area (Å²) >= 11 is 0. The van der Waals surface area contributed by atoms with E-state index in [1.165, 1.54) is 6.33 Å². The summed E-state index contributed by atoms with van der Waals surface area (Å²) in [6.45, 7) is 0.679. The van der Waals surface area contributed by atoms with E-state index in [1.807, 2.05) is 0 Å². The summed E-state index contributed by atoms with van der Waals surface area (Å²) in [5.74, 6) is -0.0641. The summed E-state index contributed by atoms with van der Waals surface area (Å²) in [4.78, 5) is 25.4. The van der Waals surface area contributed by atoms with Gasteiger partial charge in [-0.3, -0.25) is 4.79 Å². The Morgan fingerprint density at radius 1 is 1.35 bits per heavy atom. The number of carboxylic acids is 1. The first-order valence-corrected chi connectivity index (χ1v) is 5.37. The molecule has 3 N–H and O–H groups in total. The third-order valence-corrected chi connectivity index (χ3v) is 2.33. The fourth-order valence-corrected chi connectivity index (χ4v) is 1.51. The van der Waals surface area contributed by atoms with Crippen LogP contribution in [0.25, 0.3) is 11.2 Å². The number of aliphatic carboxylic acids is 1. The molecule has 2 aromatic heterocycles. The van der Waals surface area contributed by atoms with Gasteiger partial charge in [0.2, 0.25) is 0 Å². The molecule has 0 fully saturated rings. The van der Waals surface area contributed by atoms with Crippen LogP contribution >= 0.6 is 0 Å². The topological polar surface area (TPSA) is 104 Å². The molecule has 90 valence electrons. The van der Waals surface area contributed by atoms with Crippen molar-refractivity contribution in [3.63, 3.8) is 0 Å². The SMILES string of the molecule is O=C(O)CCCCNc1ncnc2nc[nH]c12. The molecule has 17 heavy (non-hydrogen) atoms. The number of carboxylic acid groups (broad SMARTS) is 1. The van der Waals surface area contributed by atoms with Gasteiger partial charge in [0.1, 0.15) is 11.8 Å². The fourth-order valence-electron chi connectivity index (χ4n) is 1.51. The highest BCUT2D eigenvalue weighted by Gasteiger charge is 2.04. The van der Waals surface area contributed by atoms with Crippen LogP contribution in [0.3, 0.4) is 0 Å². The number of nitrogens with zero attached hydrogens (tertiary/aromatic N) is 3. The normalized spacial score (nSPS) is 10.6. The molecule has 0 saturated carbocycles. The van der Waals surface area contributed by atoms with Crippen molar-refractivity contribution in [1.29, 1.82) is 0 Å². The Morgan fingerprint density at radius 2 is 2.24 bits per heavy atom. The highest BCUT2D eigenvalue weighted by molar-refractivity contribution is 5.81. The van der Waals surface area contributed by atoms with Gasteiger partial charge in [0.05, 0.1) is 6.33 Å². The zero-order valence-electron chi connectivity index (χ0n) is 9.18. The van der Waals surface area contributed by atoms with Crippen molar-refractivity contribution in [1.82, 2.24) is 19.9 Å². The van der Waals surface area contributed by atoms with Gasteiger partial charge < -0.3 is 15.4 Å². The number of carbonyl (C=O) groups is 1. The second kappa shape index (κ2) is 5.24. The van der Waals surface area contributed by atoms with Gasteiger partial charge in [-0.25, -0.2) is 15.0 Å². The predicted octanol–water partition coefficient (Wildman–Crippen LogP) is 1.02. The molecule has 2 aromatic rings. The molecule has 7 heteroatoms. The molecule has 0 atom stereocenters. The number of fused-ring (bicyclic) bond motifs is 1. The molecule has 0 amide bonds. The minimum Gasteiger partial charge on any atom is -0.481 e.